The molecule has 0 aromatic heterocycles. The molecule has 0 spiro atoms. The van der Waals surface area contributed by atoms with Gasteiger partial charge in [0.2, 0.25) is 11.8 Å². The van der Waals surface area contributed by atoms with Crippen LogP contribution in [0.2, 0.25) is 0 Å². The standard InChI is InChI=1S/C16H26N2O2/c1-11(2)13-14(19)17-16(3,4)15(20)18(13)10-12-8-6-5-7-9-12/h5-6,11-13H,7-10H2,1-4H3,(H,17,19). The number of nitrogens with one attached hydrogen (secondary N) is 1. The Kier molecular flexibility index (Phi) is 4.21. The summed E-state index contributed by atoms with van der Waals surface area (Å²) in [5, 5.41) is 2.86. The normalized spacial score (nSPS) is 29.8. The lowest BCUT2D eigenvalue weighted by molar-refractivity contribution is -0.156. The van der Waals surface area contributed by atoms with E-state index >= 15 is 0 Å². The van der Waals surface area contributed by atoms with E-state index in [2.05, 4.69) is 17.5 Å². The van der Waals surface area contributed by atoms with Crippen LogP contribution in [-0.4, -0.2) is 34.8 Å². The molecule has 4 nitrogen and oxygen atoms in total. The van der Waals surface area contributed by atoms with Gasteiger partial charge in [-0.1, -0.05) is 26.0 Å². The molecule has 20 heavy (non-hydrogen) atoms. The van der Waals surface area contributed by atoms with Crippen LogP contribution in [0.15, 0.2) is 12.2 Å². The number of nitrogens with zero attached hydrogens (tertiary/aromatic N) is 1. The van der Waals surface area contributed by atoms with Crippen molar-refractivity contribution in [1.29, 1.82) is 0 Å². The molecule has 2 atom stereocenters. The molecule has 0 bridgehead atoms. The molecule has 0 aromatic carbocycles. The van der Waals surface area contributed by atoms with E-state index in [-0.39, 0.29) is 23.8 Å². The molecule has 1 heterocycles. The van der Waals surface area contributed by atoms with Gasteiger partial charge in [-0.2, -0.15) is 0 Å². The predicted molar refractivity (Wildman–Crippen MR) is 79.0 cm³/mol. The van der Waals surface area contributed by atoms with Gasteiger partial charge in [0, 0.05) is 6.54 Å². The Morgan fingerprint density at radius 1 is 1.35 bits per heavy atom. The minimum Gasteiger partial charge on any atom is -0.340 e. The highest BCUT2D eigenvalue weighted by atomic mass is 16.2. The molecule has 2 rings (SSSR count). The largest absolute Gasteiger partial charge is 0.340 e. The third kappa shape index (κ3) is 2.89. The minimum absolute atomic E-state index is 0.0176. The van der Waals surface area contributed by atoms with Crippen molar-refractivity contribution in [3.05, 3.63) is 12.2 Å². The molecule has 0 radical (unpaired) electrons. The third-order valence-electron chi connectivity index (χ3n) is 4.30. The fraction of sp³-hybridized carbons (Fsp3) is 0.750. The Hall–Kier alpha value is -1.32. The van der Waals surface area contributed by atoms with E-state index in [1.165, 1.54) is 0 Å². The van der Waals surface area contributed by atoms with Crippen molar-refractivity contribution in [2.45, 2.75) is 58.5 Å². The molecule has 1 aliphatic carbocycles. The summed E-state index contributed by atoms with van der Waals surface area (Å²) in [4.78, 5) is 26.8. The highest BCUT2D eigenvalue weighted by molar-refractivity contribution is 5.99. The van der Waals surface area contributed by atoms with Crippen molar-refractivity contribution in [2.75, 3.05) is 6.54 Å². The maximum absolute atomic E-state index is 12.7. The first-order valence-electron chi connectivity index (χ1n) is 7.61. The van der Waals surface area contributed by atoms with Gasteiger partial charge in [-0.15, -0.1) is 0 Å². The van der Waals surface area contributed by atoms with Gasteiger partial charge in [0.15, 0.2) is 0 Å². The van der Waals surface area contributed by atoms with Crippen LogP contribution < -0.4 is 5.32 Å². The molecule has 1 aliphatic heterocycles. The van der Waals surface area contributed by atoms with Crippen molar-refractivity contribution in [1.82, 2.24) is 10.2 Å². The lowest BCUT2D eigenvalue weighted by Crippen LogP contribution is -2.69. The maximum Gasteiger partial charge on any atom is 0.248 e. The molecule has 4 heteroatoms. The number of carbonyl (C=O) groups excluding carboxylic acids is 2. The first kappa shape index (κ1) is 15.1. The van der Waals surface area contributed by atoms with Crippen LogP contribution in [0.25, 0.3) is 0 Å². The van der Waals surface area contributed by atoms with Crippen molar-refractivity contribution in [3.63, 3.8) is 0 Å². The van der Waals surface area contributed by atoms with E-state index in [0.717, 1.165) is 19.3 Å². The van der Waals surface area contributed by atoms with Gasteiger partial charge in [-0.3, -0.25) is 9.59 Å². The van der Waals surface area contributed by atoms with Crippen LogP contribution in [0.1, 0.15) is 47.0 Å². The van der Waals surface area contributed by atoms with Gasteiger partial charge in [0.1, 0.15) is 11.6 Å². The summed E-state index contributed by atoms with van der Waals surface area (Å²) in [7, 11) is 0. The molecule has 0 saturated carbocycles. The van der Waals surface area contributed by atoms with Crippen molar-refractivity contribution < 1.29 is 9.59 Å². The van der Waals surface area contributed by atoms with Crippen LogP contribution in [0, 0.1) is 11.8 Å². The number of piperazine rings is 1. The zero-order valence-corrected chi connectivity index (χ0v) is 13.0. The molecule has 112 valence electrons. The molecule has 2 aliphatic rings. The molecule has 2 unspecified atom stereocenters. The van der Waals surface area contributed by atoms with Crippen LogP contribution in [0.5, 0.6) is 0 Å². The number of hydrogen-bond acceptors (Lipinski definition) is 2. The predicted octanol–water partition coefficient (Wildman–Crippen LogP) is 2.10. The zero-order chi connectivity index (χ0) is 14.9. The molecule has 1 fully saturated rings. The summed E-state index contributed by atoms with van der Waals surface area (Å²) >= 11 is 0. The van der Waals surface area contributed by atoms with E-state index in [0.29, 0.717) is 12.5 Å². The van der Waals surface area contributed by atoms with E-state index in [9.17, 15) is 9.59 Å². The lowest BCUT2D eigenvalue weighted by Gasteiger charge is -2.45. The van der Waals surface area contributed by atoms with Gasteiger partial charge >= 0.3 is 0 Å². The van der Waals surface area contributed by atoms with Gasteiger partial charge in [0.05, 0.1) is 0 Å². The molecular weight excluding hydrogens is 252 g/mol. The first-order valence-corrected chi connectivity index (χ1v) is 7.61. The van der Waals surface area contributed by atoms with Gasteiger partial charge in [-0.25, -0.2) is 0 Å². The van der Waals surface area contributed by atoms with Gasteiger partial charge in [-0.05, 0) is 44.9 Å². The number of amides is 2. The number of rotatable bonds is 3. The Bertz CT molecular complexity index is 426. The third-order valence-corrected chi connectivity index (χ3v) is 4.30. The maximum atomic E-state index is 12.7. The second-order valence-electron chi connectivity index (χ2n) is 6.91. The average Bonchev–Trinajstić information content (AvgIpc) is 2.36. The molecule has 2 amide bonds. The van der Waals surface area contributed by atoms with Crippen LogP contribution in [0.4, 0.5) is 0 Å². The Balaban J connectivity index is 2.20. The summed E-state index contributed by atoms with van der Waals surface area (Å²) in [6.07, 6.45) is 7.59. The number of hydrogen-bond donors (Lipinski definition) is 1. The van der Waals surface area contributed by atoms with E-state index in [1.54, 1.807) is 13.8 Å². The second-order valence-corrected chi connectivity index (χ2v) is 6.91. The average molecular weight is 278 g/mol. The highest BCUT2D eigenvalue weighted by Crippen LogP contribution is 2.27. The van der Waals surface area contributed by atoms with E-state index < -0.39 is 5.54 Å². The zero-order valence-electron chi connectivity index (χ0n) is 13.0. The molecular formula is C16H26N2O2. The Labute approximate surface area is 121 Å². The van der Waals surface area contributed by atoms with Gasteiger partial charge in [0.25, 0.3) is 0 Å². The monoisotopic (exact) mass is 278 g/mol. The van der Waals surface area contributed by atoms with Crippen LogP contribution in [0.3, 0.4) is 0 Å². The summed E-state index contributed by atoms with van der Waals surface area (Å²) in [5.41, 5.74) is -0.785. The van der Waals surface area contributed by atoms with Crippen molar-refractivity contribution in [3.8, 4) is 0 Å². The summed E-state index contributed by atoms with van der Waals surface area (Å²) in [6, 6.07) is -0.332. The lowest BCUT2D eigenvalue weighted by atomic mass is 9.88. The van der Waals surface area contributed by atoms with Crippen LogP contribution >= 0.6 is 0 Å². The molecule has 1 saturated heterocycles. The summed E-state index contributed by atoms with van der Waals surface area (Å²) < 4.78 is 0. The highest BCUT2D eigenvalue weighted by Gasteiger charge is 2.46. The first-order chi connectivity index (χ1) is 9.33. The second kappa shape index (κ2) is 5.58. The Morgan fingerprint density at radius 3 is 2.60 bits per heavy atom. The molecule has 0 aromatic rings. The number of allylic oxidation sites excluding steroid dienone is 2. The van der Waals surface area contributed by atoms with Crippen LogP contribution in [-0.2, 0) is 9.59 Å². The fourth-order valence-corrected chi connectivity index (χ4v) is 3.22. The van der Waals surface area contributed by atoms with Crippen molar-refractivity contribution in [2.24, 2.45) is 11.8 Å². The smallest absolute Gasteiger partial charge is 0.248 e. The molecule has 1 N–H and O–H groups in total. The quantitative estimate of drug-likeness (QED) is 0.804. The SMILES string of the molecule is CC(C)C1C(=O)NC(C)(C)C(=O)N1CC1CC=CCC1. The van der Waals surface area contributed by atoms with Gasteiger partial charge < -0.3 is 10.2 Å². The minimum atomic E-state index is -0.785. The summed E-state index contributed by atoms with van der Waals surface area (Å²) in [5.74, 6) is 0.641. The van der Waals surface area contributed by atoms with E-state index in [1.807, 2.05) is 18.7 Å². The van der Waals surface area contributed by atoms with E-state index in [4.69, 9.17) is 0 Å². The summed E-state index contributed by atoms with van der Waals surface area (Å²) in [6.45, 7) is 8.28. The fourth-order valence-electron chi connectivity index (χ4n) is 3.22. The number of carbonyl (C=O) groups is 2. The topological polar surface area (TPSA) is 49.4 Å². The van der Waals surface area contributed by atoms with Crippen molar-refractivity contribution >= 4 is 11.8 Å². The Morgan fingerprint density at radius 2 is 2.05 bits per heavy atom.